The Balaban J connectivity index is 2.47. The Morgan fingerprint density at radius 2 is 1.95 bits per heavy atom. The van der Waals surface area contributed by atoms with Gasteiger partial charge >= 0.3 is 0 Å². The third kappa shape index (κ3) is 5.19. The number of aliphatic hydroxyl groups is 1. The minimum Gasteiger partial charge on any atom is -0.508 e. The molecule has 0 aliphatic heterocycles. The van der Waals surface area contributed by atoms with Gasteiger partial charge in [-0.05, 0) is 24.1 Å². The van der Waals surface area contributed by atoms with Crippen molar-refractivity contribution in [3.8, 4) is 5.75 Å². The number of amides is 1. The normalized spacial score (nSPS) is 13.1. The Hall–Kier alpha value is -1.73. The summed E-state index contributed by atoms with van der Waals surface area (Å²) < 4.78 is 25.4. The number of halogens is 2. The molecule has 0 aliphatic carbocycles. The van der Waals surface area contributed by atoms with E-state index in [-0.39, 0.29) is 12.2 Å². The number of hydrogen-bond acceptors (Lipinski definition) is 4. The van der Waals surface area contributed by atoms with E-state index < -0.39 is 31.0 Å². The van der Waals surface area contributed by atoms with Crippen LogP contribution in [0.1, 0.15) is 5.56 Å². The van der Waals surface area contributed by atoms with Crippen LogP contribution in [0.2, 0.25) is 0 Å². The van der Waals surface area contributed by atoms with Crippen LogP contribution in [0.5, 0.6) is 5.75 Å². The van der Waals surface area contributed by atoms with E-state index in [4.69, 9.17) is 15.9 Å². The molecule has 0 spiro atoms. The Morgan fingerprint density at radius 3 is 2.47 bits per heavy atom. The molecule has 0 saturated heterocycles. The van der Waals surface area contributed by atoms with Crippen LogP contribution < -0.4 is 11.1 Å². The molecular formula is C12H16F2N2O3. The first kappa shape index (κ1) is 15.3. The second-order valence-electron chi connectivity index (χ2n) is 4.21. The van der Waals surface area contributed by atoms with Gasteiger partial charge in [-0.25, -0.2) is 8.78 Å². The molecule has 0 bridgehead atoms. The van der Waals surface area contributed by atoms with Gasteiger partial charge < -0.3 is 21.3 Å². The number of phenolic OH excluding ortho intramolecular Hbond substituents is 1. The average molecular weight is 274 g/mol. The first-order valence-electron chi connectivity index (χ1n) is 5.64. The first-order chi connectivity index (χ1) is 8.84. The molecule has 1 unspecified atom stereocenters. The van der Waals surface area contributed by atoms with Crippen LogP contribution in [0.4, 0.5) is 8.78 Å². The zero-order chi connectivity index (χ0) is 14.5. The molecular weight excluding hydrogens is 258 g/mol. The van der Waals surface area contributed by atoms with Crippen LogP contribution in [0, 0.1) is 0 Å². The first-order valence-corrected chi connectivity index (χ1v) is 5.64. The lowest BCUT2D eigenvalue weighted by molar-refractivity contribution is -0.125. The van der Waals surface area contributed by atoms with Gasteiger partial charge in [0.1, 0.15) is 12.4 Å². The van der Waals surface area contributed by atoms with Crippen LogP contribution in [0.3, 0.4) is 0 Å². The van der Waals surface area contributed by atoms with Crippen LogP contribution in [-0.2, 0) is 11.2 Å². The molecule has 1 amide bonds. The van der Waals surface area contributed by atoms with E-state index in [2.05, 4.69) is 0 Å². The van der Waals surface area contributed by atoms with Gasteiger partial charge in [0.25, 0.3) is 5.92 Å². The van der Waals surface area contributed by atoms with Gasteiger partial charge in [0, 0.05) is 0 Å². The number of nitrogens with two attached hydrogens (primary N) is 1. The third-order valence-electron chi connectivity index (χ3n) is 2.48. The molecule has 0 aromatic heterocycles. The Kier molecular flexibility index (Phi) is 5.20. The van der Waals surface area contributed by atoms with Crippen molar-refractivity contribution >= 4 is 5.91 Å². The second-order valence-corrected chi connectivity index (χ2v) is 4.21. The summed E-state index contributed by atoms with van der Waals surface area (Å²) in [6.07, 6.45) is 0.164. The fourth-order valence-electron chi connectivity index (χ4n) is 1.38. The minimum atomic E-state index is -3.35. The Labute approximate surface area is 109 Å². The Bertz CT molecular complexity index is 423. The number of aromatic hydroxyl groups is 1. The lowest BCUT2D eigenvalue weighted by Gasteiger charge is -2.16. The van der Waals surface area contributed by atoms with E-state index in [1.807, 2.05) is 5.32 Å². The molecule has 0 radical (unpaired) electrons. The van der Waals surface area contributed by atoms with Crippen LogP contribution in [0.15, 0.2) is 24.3 Å². The number of aliphatic hydroxyl groups excluding tert-OH is 1. The molecule has 19 heavy (non-hydrogen) atoms. The number of hydrogen-bond donors (Lipinski definition) is 4. The minimum absolute atomic E-state index is 0.0874. The smallest absolute Gasteiger partial charge is 0.287 e. The summed E-state index contributed by atoms with van der Waals surface area (Å²) in [4.78, 5) is 11.5. The molecule has 1 aromatic rings. The number of nitrogens with one attached hydrogen (secondary N) is 1. The van der Waals surface area contributed by atoms with Crippen LogP contribution >= 0.6 is 0 Å². The molecule has 1 atom stereocenters. The van der Waals surface area contributed by atoms with Gasteiger partial charge in [0.2, 0.25) is 5.91 Å². The number of phenols is 1. The van der Waals surface area contributed by atoms with Crippen molar-refractivity contribution in [2.24, 2.45) is 5.73 Å². The zero-order valence-corrected chi connectivity index (χ0v) is 10.1. The van der Waals surface area contributed by atoms with Crippen molar-refractivity contribution in [3.63, 3.8) is 0 Å². The highest BCUT2D eigenvalue weighted by Gasteiger charge is 2.29. The standard InChI is InChI=1S/C12H16F2N2O3/c13-12(14,7-17)6-16-11(19)10(15)5-8-1-3-9(18)4-2-8/h1-4,10,17-18H,5-7,15H2,(H,16,19). The number of benzene rings is 1. The highest BCUT2D eigenvalue weighted by molar-refractivity contribution is 5.81. The van der Waals surface area contributed by atoms with E-state index >= 15 is 0 Å². The van der Waals surface area contributed by atoms with Gasteiger partial charge in [0.15, 0.2) is 0 Å². The largest absolute Gasteiger partial charge is 0.508 e. The summed E-state index contributed by atoms with van der Waals surface area (Å²) in [5, 5.41) is 19.4. The highest BCUT2D eigenvalue weighted by Crippen LogP contribution is 2.12. The summed E-state index contributed by atoms with van der Waals surface area (Å²) in [6, 6.07) is 5.09. The van der Waals surface area contributed by atoms with Gasteiger partial charge in [-0.2, -0.15) is 0 Å². The SMILES string of the molecule is NC(Cc1ccc(O)cc1)C(=O)NCC(F)(F)CO. The maximum absolute atomic E-state index is 12.7. The van der Waals surface area contributed by atoms with Gasteiger partial charge in [-0.15, -0.1) is 0 Å². The van der Waals surface area contributed by atoms with Gasteiger partial charge in [0.05, 0.1) is 12.6 Å². The lowest BCUT2D eigenvalue weighted by Crippen LogP contribution is -2.47. The second kappa shape index (κ2) is 6.44. The van der Waals surface area contributed by atoms with E-state index in [0.717, 1.165) is 0 Å². The summed E-state index contributed by atoms with van der Waals surface area (Å²) in [6.45, 7) is -2.29. The monoisotopic (exact) mass is 274 g/mol. The van der Waals surface area contributed by atoms with Crippen LogP contribution in [0.25, 0.3) is 0 Å². The molecule has 1 aromatic carbocycles. The molecule has 1 rings (SSSR count). The van der Waals surface area contributed by atoms with E-state index in [1.54, 1.807) is 12.1 Å². The summed E-state index contributed by atoms with van der Waals surface area (Å²) >= 11 is 0. The van der Waals surface area contributed by atoms with Crippen molar-refractivity contribution in [1.82, 2.24) is 5.32 Å². The number of rotatable bonds is 6. The Morgan fingerprint density at radius 1 is 1.37 bits per heavy atom. The maximum atomic E-state index is 12.7. The predicted molar refractivity (Wildman–Crippen MR) is 64.8 cm³/mol. The molecule has 5 nitrogen and oxygen atoms in total. The summed E-state index contributed by atoms with van der Waals surface area (Å²) in [7, 11) is 0. The number of alkyl halides is 2. The van der Waals surface area contributed by atoms with E-state index in [1.165, 1.54) is 12.1 Å². The van der Waals surface area contributed by atoms with Crippen molar-refractivity contribution < 1.29 is 23.8 Å². The van der Waals surface area contributed by atoms with Gasteiger partial charge in [-0.1, -0.05) is 12.1 Å². The van der Waals surface area contributed by atoms with Crippen molar-refractivity contribution in [2.75, 3.05) is 13.2 Å². The molecule has 0 heterocycles. The van der Waals surface area contributed by atoms with Crippen molar-refractivity contribution in [2.45, 2.75) is 18.4 Å². The van der Waals surface area contributed by atoms with E-state index in [9.17, 15) is 13.6 Å². The topological polar surface area (TPSA) is 95.6 Å². The van der Waals surface area contributed by atoms with Gasteiger partial charge in [-0.3, -0.25) is 4.79 Å². The zero-order valence-electron chi connectivity index (χ0n) is 10.1. The lowest BCUT2D eigenvalue weighted by atomic mass is 10.1. The molecule has 7 heteroatoms. The summed E-state index contributed by atoms with van der Waals surface area (Å²) in [5.41, 5.74) is 6.28. The fourth-order valence-corrected chi connectivity index (χ4v) is 1.38. The molecule has 0 saturated carbocycles. The molecule has 0 aliphatic rings. The van der Waals surface area contributed by atoms with E-state index in [0.29, 0.717) is 5.56 Å². The van der Waals surface area contributed by atoms with Crippen molar-refractivity contribution in [3.05, 3.63) is 29.8 Å². The molecule has 106 valence electrons. The summed E-state index contributed by atoms with van der Waals surface area (Å²) in [5.74, 6) is -3.99. The fraction of sp³-hybridized carbons (Fsp3) is 0.417. The quantitative estimate of drug-likeness (QED) is 0.587. The predicted octanol–water partition coefficient (Wildman–Crippen LogP) is 0.00580. The average Bonchev–Trinajstić information content (AvgIpc) is 2.38. The van der Waals surface area contributed by atoms with Crippen LogP contribution in [-0.4, -0.2) is 41.2 Å². The number of carbonyl (C=O) groups is 1. The highest BCUT2D eigenvalue weighted by atomic mass is 19.3. The molecule has 0 fully saturated rings. The molecule has 5 N–H and O–H groups in total. The van der Waals surface area contributed by atoms with Crippen molar-refractivity contribution in [1.29, 1.82) is 0 Å². The third-order valence-corrected chi connectivity index (χ3v) is 2.48. The maximum Gasteiger partial charge on any atom is 0.287 e. The number of carbonyl (C=O) groups excluding carboxylic acids is 1.